The number of halogens is 3. The lowest BCUT2D eigenvalue weighted by atomic mass is 9.91. The highest BCUT2D eigenvalue weighted by atomic mass is 79.9. The van der Waals surface area contributed by atoms with E-state index < -0.39 is 0 Å². The van der Waals surface area contributed by atoms with Crippen molar-refractivity contribution in [2.75, 3.05) is 78.8 Å². The van der Waals surface area contributed by atoms with Crippen molar-refractivity contribution in [2.45, 2.75) is 188 Å². The van der Waals surface area contributed by atoms with Gasteiger partial charge in [-0.25, -0.2) is 38.0 Å². The van der Waals surface area contributed by atoms with Gasteiger partial charge < -0.3 is 53.9 Å². The average Bonchev–Trinajstić information content (AvgIpc) is 1.61. The predicted molar refractivity (Wildman–Crippen MR) is 560 cm³/mol. The van der Waals surface area contributed by atoms with Gasteiger partial charge in [-0.15, -0.1) is 0 Å². The number of fused-ring (bicyclic) bond motifs is 4. The van der Waals surface area contributed by atoms with Crippen molar-refractivity contribution < 1.29 is 53.4 Å². The highest BCUT2D eigenvalue weighted by Crippen LogP contribution is 2.41. The zero-order valence-corrected chi connectivity index (χ0v) is 86.9. The van der Waals surface area contributed by atoms with Gasteiger partial charge in [-0.2, -0.15) is 20.4 Å². The van der Waals surface area contributed by atoms with Crippen LogP contribution in [0.2, 0.25) is 10.0 Å². The molecule has 3 N–H and O–H groups in total. The van der Waals surface area contributed by atoms with Crippen LogP contribution in [0.5, 0.6) is 40.2 Å². The third kappa shape index (κ3) is 25.0. The summed E-state index contributed by atoms with van der Waals surface area (Å²) in [6.07, 6.45) is 4.53. The molecule has 30 heteroatoms. The number of hydrogen-bond donors (Lipinski definition) is 3. The first-order valence-electron chi connectivity index (χ1n) is 48.3. The number of aromatic nitrogens is 12. The first-order chi connectivity index (χ1) is 67.3. The summed E-state index contributed by atoms with van der Waals surface area (Å²) in [4.78, 5) is 79.3. The van der Waals surface area contributed by atoms with E-state index in [-0.39, 0.29) is 72.0 Å². The normalized spacial score (nSPS) is 11.3. The number of aromatic hydroxyl groups is 3. The first kappa shape index (κ1) is 105. The van der Waals surface area contributed by atoms with E-state index in [4.69, 9.17) is 82.5 Å². The predicted octanol–water partition coefficient (Wildman–Crippen LogP) is 23.1. The van der Waals surface area contributed by atoms with E-state index in [1.165, 1.54) is 0 Å². The first-order valence-corrected chi connectivity index (χ1v) is 49.9. The number of carbonyl (C=O) groups excluding carboxylic acids is 4. The van der Waals surface area contributed by atoms with Gasteiger partial charge in [-0.1, -0.05) is 87.6 Å². The molecule has 15 aromatic rings. The minimum Gasteiger partial charge on any atom is -0.507 e. The molecule has 0 radical (unpaired) electrons. The number of carbonyl (C=O) groups is 4. The number of benzene rings is 7. The van der Waals surface area contributed by atoms with Crippen molar-refractivity contribution in [1.29, 1.82) is 0 Å². The number of ether oxygens (including phenoxy) is 4. The maximum atomic E-state index is 13.2. The summed E-state index contributed by atoms with van der Waals surface area (Å²) in [5.41, 5.74) is 19.8. The Morgan fingerprint density at radius 1 is 0.343 bits per heavy atom. The van der Waals surface area contributed by atoms with E-state index in [9.17, 15) is 34.5 Å². The maximum Gasteiger partial charge on any atom is 0.227 e. The summed E-state index contributed by atoms with van der Waals surface area (Å²) in [6, 6.07) is 53.9. The molecule has 4 amide bonds. The summed E-state index contributed by atoms with van der Waals surface area (Å²) in [5.74, 6) is 3.64. The van der Waals surface area contributed by atoms with E-state index in [0.29, 0.717) is 157 Å². The molecule has 0 atom stereocenters. The van der Waals surface area contributed by atoms with Gasteiger partial charge in [0.15, 0.2) is 22.6 Å². The number of rotatable bonds is 35. The maximum absolute atomic E-state index is 13.2. The van der Waals surface area contributed by atoms with E-state index in [1.807, 2.05) is 219 Å². The van der Waals surface area contributed by atoms with Gasteiger partial charge in [0.05, 0.1) is 97.7 Å². The number of phenols is 3. The largest absolute Gasteiger partial charge is 0.507 e. The van der Waals surface area contributed by atoms with Crippen molar-refractivity contribution in [1.82, 2.24) is 78.0 Å². The van der Waals surface area contributed by atoms with Gasteiger partial charge in [0, 0.05) is 156 Å². The Labute approximate surface area is 838 Å². The third-order valence-corrected chi connectivity index (χ3v) is 25.0. The molecule has 27 nitrogen and oxygen atoms in total. The van der Waals surface area contributed by atoms with Gasteiger partial charge in [-0.05, 0) is 285 Å². The summed E-state index contributed by atoms with van der Waals surface area (Å²) >= 11 is 15.9. The molecule has 0 fully saturated rings. The van der Waals surface area contributed by atoms with Crippen LogP contribution in [-0.4, -0.2) is 196 Å². The Kier molecular flexibility index (Phi) is 36.5. The molecule has 0 aliphatic rings. The van der Waals surface area contributed by atoms with Crippen LogP contribution in [0, 0.1) is 27.7 Å². The van der Waals surface area contributed by atoms with E-state index in [0.717, 1.165) is 137 Å². The molecular weight excluding hydrogens is 1870 g/mol. The molecule has 0 aliphatic heterocycles. The fourth-order valence-corrected chi connectivity index (χ4v) is 17.3. The highest BCUT2D eigenvalue weighted by molar-refractivity contribution is 9.10. The fraction of sp³-hybridized carbons (Fsp3) is 0.364. The van der Waals surface area contributed by atoms with Gasteiger partial charge in [0.2, 0.25) is 23.6 Å². The number of amides is 4. The third-order valence-electron chi connectivity index (χ3n) is 24.0. The van der Waals surface area contributed by atoms with E-state index in [1.54, 1.807) is 71.9 Å². The smallest absolute Gasteiger partial charge is 0.227 e. The van der Waals surface area contributed by atoms with Crippen LogP contribution < -0.4 is 18.9 Å². The molecule has 7 aromatic carbocycles. The summed E-state index contributed by atoms with van der Waals surface area (Å²) < 4.78 is 30.9. The minimum atomic E-state index is -0.118. The monoisotopic (exact) mass is 2000 g/mol. The van der Waals surface area contributed by atoms with E-state index >= 15 is 0 Å². The zero-order chi connectivity index (χ0) is 101. The van der Waals surface area contributed by atoms with Crippen LogP contribution in [-0.2, 0) is 50.3 Å². The standard InChI is InChI=1S/C28H31BrN4O3.2C28H31ClN4O3.C26H36N4O2/c2*1-5-14-36-21-11-8-19(9-12-21)27-23(17-26(35)32(6-2)7-3)28-30-24(15-18(4)33(28)31-27)22-16-20(29)10-13-25(22)34;1-5-14-36-21-11-8-19(9-12-21)27-23(17-26(35)32(6-2)7-3)28-30-18(4)15-24(33(28)31-27)22-16-20(29)10-13-25(22)34;1-8-15-32-20-13-11-19(12-14-20)24-21(17-23(31)29(9-2)10-3)25-27-18(4)16-22(26(5,6)7)30(25)28-24/h3*8-13,15-16,34H,5-7,14,17H2,1-4H3;11-14,16H,8-10,15,17H2,1-7H3. The van der Waals surface area contributed by atoms with Gasteiger partial charge >= 0.3 is 0 Å². The van der Waals surface area contributed by atoms with Crippen LogP contribution >= 0.6 is 39.1 Å². The second kappa shape index (κ2) is 48.4. The van der Waals surface area contributed by atoms with Crippen molar-refractivity contribution in [2.24, 2.45) is 0 Å². The van der Waals surface area contributed by atoms with Crippen LogP contribution in [0.1, 0.15) is 180 Å². The lowest BCUT2D eigenvalue weighted by molar-refractivity contribution is -0.130. The molecule has 0 saturated heterocycles. The Bertz CT molecular complexity index is 6590. The van der Waals surface area contributed by atoms with Gasteiger partial charge in [0.1, 0.15) is 40.2 Å². The number of aryl methyl sites for hydroxylation is 4. The summed E-state index contributed by atoms with van der Waals surface area (Å²) in [6.45, 7) is 46.2. The van der Waals surface area contributed by atoms with Crippen LogP contribution in [0.3, 0.4) is 0 Å². The Morgan fingerprint density at radius 2 is 0.621 bits per heavy atom. The summed E-state index contributed by atoms with van der Waals surface area (Å²) in [5, 5.41) is 52.3. The van der Waals surface area contributed by atoms with Crippen molar-refractivity contribution >= 4 is 85.3 Å². The lowest BCUT2D eigenvalue weighted by Crippen LogP contribution is -2.31. The second-order valence-corrected chi connectivity index (χ2v) is 36.9. The SMILES string of the molecule is CCCOc1ccc(-c2nn3c(-c4cc(Cl)ccc4O)cc(C)nc3c2CC(=O)N(CC)CC)cc1.CCCOc1ccc(-c2nn3c(C(C)(C)C)cc(C)nc3c2CC(=O)N(CC)CC)cc1.CCCOc1ccc(-c2nn3c(C)cc(-c4cc(Br)ccc4O)nc3c2CC(=O)N(CC)CC)cc1.CCCOc1ccc(-c2nn3c(C)cc(-c4cc(Cl)ccc4O)nc3c2CC(=O)N(CC)CC)cc1. The molecule has 0 saturated carbocycles. The van der Waals surface area contributed by atoms with E-state index in [2.05, 4.69) is 70.5 Å². The van der Waals surface area contributed by atoms with Crippen LogP contribution in [0.4, 0.5) is 0 Å². The van der Waals surface area contributed by atoms with Gasteiger partial charge in [-0.3, -0.25) is 19.2 Å². The molecule has 140 heavy (non-hydrogen) atoms. The van der Waals surface area contributed by atoms with Crippen molar-refractivity contribution in [3.05, 3.63) is 241 Å². The minimum absolute atomic E-state index is 0.00880. The topological polar surface area (TPSA) is 300 Å². The van der Waals surface area contributed by atoms with Crippen LogP contribution in [0.15, 0.2) is 180 Å². The number of likely N-dealkylation sites (N-methyl/N-ethyl adjacent to an activating group) is 4. The summed E-state index contributed by atoms with van der Waals surface area (Å²) in [7, 11) is 0. The second-order valence-electron chi connectivity index (χ2n) is 35.1. The quantitative estimate of drug-likeness (QED) is 0.0332. The van der Waals surface area contributed by atoms with Crippen molar-refractivity contribution in [3.63, 3.8) is 0 Å². The average molecular weight is 2000 g/mol. The molecule has 0 spiro atoms. The molecule has 8 aromatic heterocycles. The fourth-order valence-electron chi connectivity index (χ4n) is 16.6. The molecule has 8 heterocycles. The molecular formula is C110H129BrCl2N16O11. The Morgan fingerprint density at radius 3 is 0.943 bits per heavy atom. The number of nitrogens with zero attached hydrogens (tertiary/aromatic N) is 16. The Balaban J connectivity index is 0.000000167. The molecule has 736 valence electrons. The molecule has 15 rings (SSSR count). The van der Waals surface area contributed by atoms with Crippen LogP contribution in [0.25, 0.3) is 101 Å². The highest BCUT2D eigenvalue weighted by Gasteiger charge is 2.31. The number of phenolic OH excluding ortho intramolecular Hbond substituents is 3. The number of hydrogen-bond acceptors (Lipinski definition) is 19. The van der Waals surface area contributed by atoms with Gasteiger partial charge in [0.25, 0.3) is 0 Å². The zero-order valence-electron chi connectivity index (χ0n) is 83.8. The Hall–Kier alpha value is -13.4. The molecule has 0 bridgehead atoms. The van der Waals surface area contributed by atoms with Crippen molar-refractivity contribution in [3.8, 4) is 119 Å². The lowest BCUT2D eigenvalue weighted by Gasteiger charge is -2.20. The molecule has 0 aliphatic carbocycles. The molecule has 0 unspecified atom stereocenters.